The first-order valence-electron chi connectivity index (χ1n) is 8.03. The monoisotopic (exact) mass is 373 g/mol. The first-order valence-corrected chi connectivity index (χ1v) is 8.40. The Morgan fingerprint density at radius 1 is 1.08 bits per heavy atom. The Bertz CT molecular complexity index is 962. The summed E-state index contributed by atoms with van der Waals surface area (Å²) in [5, 5.41) is 5.49. The highest BCUT2D eigenvalue weighted by molar-refractivity contribution is 6.31. The molecule has 2 aromatic carbocycles. The van der Waals surface area contributed by atoms with Crippen LogP contribution in [-0.4, -0.2) is 16.1 Å². The van der Waals surface area contributed by atoms with Crippen molar-refractivity contribution in [2.45, 2.75) is 18.8 Å². The molecule has 0 saturated heterocycles. The lowest BCUT2D eigenvalue weighted by Crippen LogP contribution is -2.22. The largest absolute Gasteiger partial charge is 0.370 e. The Morgan fingerprint density at radius 3 is 2.46 bits per heavy atom. The fourth-order valence-electron chi connectivity index (χ4n) is 3.11. The molecule has 0 radical (unpaired) electrons. The number of aromatic amines is 2. The molecule has 134 valence electrons. The van der Waals surface area contributed by atoms with Gasteiger partial charge in [-0.05, 0) is 17.7 Å². The fraction of sp³-hybridized carbons (Fsp3) is 0.158. The summed E-state index contributed by atoms with van der Waals surface area (Å²) in [5.41, 5.74) is 6.81. The molecular weight excluding hydrogens is 357 g/mol. The Labute approximate surface area is 154 Å². The second-order valence-corrected chi connectivity index (χ2v) is 6.40. The number of amides is 1. The molecule has 1 amide bonds. The minimum absolute atomic E-state index is 0.0902. The average Bonchev–Trinajstić information content (AvgIpc) is 2.94. The van der Waals surface area contributed by atoms with Crippen LogP contribution < -0.4 is 11.3 Å². The number of nitrogens with one attached hydrogen (secondary N) is 2. The summed E-state index contributed by atoms with van der Waals surface area (Å²) in [5.74, 6) is -2.12. The summed E-state index contributed by atoms with van der Waals surface area (Å²) in [6.07, 6.45) is 0.180. The van der Waals surface area contributed by atoms with E-state index in [0.29, 0.717) is 12.1 Å². The van der Waals surface area contributed by atoms with E-state index < -0.39 is 23.2 Å². The third-order valence-corrected chi connectivity index (χ3v) is 4.55. The number of hydrogen-bond acceptors (Lipinski definition) is 2. The molecule has 1 heterocycles. The molecule has 7 heteroatoms. The van der Waals surface area contributed by atoms with Gasteiger partial charge >= 0.3 is 0 Å². The van der Waals surface area contributed by atoms with Crippen LogP contribution in [0, 0.1) is 5.82 Å². The van der Waals surface area contributed by atoms with Crippen molar-refractivity contribution in [3.63, 3.8) is 0 Å². The molecule has 1 atom stereocenters. The van der Waals surface area contributed by atoms with Crippen LogP contribution in [-0.2, 0) is 11.2 Å². The van der Waals surface area contributed by atoms with E-state index in [0.717, 1.165) is 5.56 Å². The van der Waals surface area contributed by atoms with Gasteiger partial charge in [-0.1, -0.05) is 48.0 Å². The molecule has 0 unspecified atom stereocenters. The molecular formula is C19H17ClFN3O2. The van der Waals surface area contributed by atoms with Crippen molar-refractivity contribution in [1.82, 2.24) is 10.2 Å². The molecule has 4 N–H and O–H groups in total. The minimum atomic E-state index is -0.880. The molecule has 3 aromatic rings. The summed E-state index contributed by atoms with van der Waals surface area (Å²) in [7, 11) is 0. The molecule has 3 rings (SSSR count). The normalized spacial score (nSPS) is 12.1. The van der Waals surface area contributed by atoms with Gasteiger partial charge in [0.15, 0.2) is 0 Å². The van der Waals surface area contributed by atoms with E-state index in [1.54, 1.807) is 0 Å². The van der Waals surface area contributed by atoms with Gasteiger partial charge in [-0.3, -0.25) is 14.7 Å². The average molecular weight is 374 g/mol. The summed E-state index contributed by atoms with van der Waals surface area (Å²) < 4.78 is 14.5. The molecule has 5 nitrogen and oxygen atoms in total. The SMILES string of the molecule is NC(=O)C[C@H](c1c(F)cccc1Cl)c1c(Cc2ccccc2)[nH][nH]c1=O. The number of rotatable bonds is 6. The molecule has 1 aromatic heterocycles. The Balaban J connectivity index is 2.12. The number of H-pyrrole nitrogens is 2. The van der Waals surface area contributed by atoms with Crippen LogP contribution in [0.5, 0.6) is 0 Å². The first kappa shape index (κ1) is 17.9. The standard InChI is InChI=1S/C19H17ClFN3O2/c20-13-7-4-8-14(21)17(13)12(10-16(22)25)18-15(23-24-19(18)26)9-11-5-2-1-3-6-11/h1-8,12H,9-10H2,(H2,22,25)(H2,23,24,26)/t12-/m1/s1. The van der Waals surface area contributed by atoms with Crippen molar-refractivity contribution >= 4 is 17.5 Å². The van der Waals surface area contributed by atoms with E-state index in [-0.39, 0.29) is 22.6 Å². The third-order valence-electron chi connectivity index (χ3n) is 4.22. The zero-order chi connectivity index (χ0) is 18.7. The number of nitrogens with two attached hydrogens (primary N) is 1. The zero-order valence-electron chi connectivity index (χ0n) is 13.8. The molecule has 0 aliphatic rings. The summed E-state index contributed by atoms with van der Waals surface area (Å²) in [6.45, 7) is 0. The highest BCUT2D eigenvalue weighted by Gasteiger charge is 2.28. The number of benzene rings is 2. The van der Waals surface area contributed by atoms with Crippen molar-refractivity contribution in [1.29, 1.82) is 0 Å². The summed E-state index contributed by atoms with van der Waals surface area (Å²) in [4.78, 5) is 24.1. The van der Waals surface area contributed by atoms with Gasteiger partial charge in [0.2, 0.25) is 5.91 Å². The Hall–Kier alpha value is -2.86. The van der Waals surface area contributed by atoms with Crippen molar-refractivity contribution in [3.05, 3.63) is 92.1 Å². The number of halogens is 2. The molecule has 0 bridgehead atoms. The fourth-order valence-corrected chi connectivity index (χ4v) is 3.40. The van der Waals surface area contributed by atoms with Crippen LogP contribution in [0.2, 0.25) is 5.02 Å². The molecule has 0 spiro atoms. The zero-order valence-corrected chi connectivity index (χ0v) is 14.5. The predicted molar refractivity (Wildman–Crippen MR) is 97.7 cm³/mol. The lowest BCUT2D eigenvalue weighted by molar-refractivity contribution is -0.118. The second kappa shape index (κ2) is 7.58. The Morgan fingerprint density at radius 2 is 1.81 bits per heavy atom. The molecule has 0 aliphatic heterocycles. The smallest absolute Gasteiger partial charge is 0.267 e. The number of primary amides is 1. The van der Waals surface area contributed by atoms with Gasteiger partial charge in [0.1, 0.15) is 5.82 Å². The van der Waals surface area contributed by atoms with Gasteiger partial charge in [-0.15, -0.1) is 0 Å². The summed E-state index contributed by atoms with van der Waals surface area (Å²) >= 11 is 6.17. The molecule has 0 saturated carbocycles. The lowest BCUT2D eigenvalue weighted by atomic mass is 9.86. The second-order valence-electron chi connectivity index (χ2n) is 5.99. The van der Waals surface area contributed by atoms with Crippen LogP contribution >= 0.6 is 11.6 Å². The van der Waals surface area contributed by atoms with Crippen LogP contribution in [0.4, 0.5) is 4.39 Å². The predicted octanol–water partition coefficient (Wildman–Crippen LogP) is 3.09. The van der Waals surface area contributed by atoms with Crippen LogP contribution in [0.3, 0.4) is 0 Å². The highest BCUT2D eigenvalue weighted by Crippen LogP contribution is 2.35. The van der Waals surface area contributed by atoms with Crippen molar-refractivity contribution < 1.29 is 9.18 Å². The van der Waals surface area contributed by atoms with Crippen LogP contribution in [0.15, 0.2) is 53.3 Å². The van der Waals surface area contributed by atoms with E-state index in [1.807, 2.05) is 30.3 Å². The molecule has 26 heavy (non-hydrogen) atoms. The maximum atomic E-state index is 14.5. The van der Waals surface area contributed by atoms with Gasteiger partial charge in [-0.2, -0.15) is 0 Å². The van der Waals surface area contributed by atoms with E-state index in [1.165, 1.54) is 18.2 Å². The van der Waals surface area contributed by atoms with Gasteiger partial charge in [-0.25, -0.2) is 4.39 Å². The number of aromatic nitrogens is 2. The van der Waals surface area contributed by atoms with Gasteiger partial charge in [0.25, 0.3) is 5.56 Å². The summed E-state index contributed by atoms with van der Waals surface area (Å²) in [6, 6.07) is 13.7. The van der Waals surface area contributed by atoms with Crippen molar-refractivity contribution in [3.8, 4) is 0 Å². The minimum Gasteiger partial charge on any atom is -0.370 e. The van der Waals surface area contributed by atoms with Gasteiger partial charge < -0.3 is 10.8 Å². The van der Waals surface area contributed by atoms with Gasteiger partial charge in [0, 0.05) is 40.6 Å². The first-order chi connectivity index (χ1) is 12.5. The molecule has 0 aliphatic carbocycles. The lowest BCUT2D eigenvalue weighted by Gasteiger charge is -2.18. The van der Waals surface area contributed by atoms with Gasteiger partial charge in [0.05, 0.1) is 0 Å². The number of carbonyl (C=O) groups is 1. The van der Waals surface area contributed by atoms with E-state index in [4.69, 9.17) is 17.3 Å². The van der Waals surface area contributed by atoms with Crippen molar-refractivity contribution in [2.75, 3.05) is 0 Å². The van der Waals surface area contributed by atoms with E-state index >= 15 is 0 Å². The van der Waals surface area contributed by atoms with Crippen molar-refractivity contribution in [2.24, 2.45) is 5.73 Å². The highest BCUT2D eigenvalue weighted by atomic mass is 35.5. The maximum Gasteiger partial charge on any atom is 0.267 e. The Kier molecular flexibility index (Phi) is 5.23. The molecule has 0 fully saturated rings. The van der Waals surface area contributed by atoms with Crippen LogP contribution in [0.1, 0.15) is 34.7 Å². The quantitative estimate of drug-likeness (QED) is 0.619. The maximum absolute atomic E-state index is 14.5. The van der Waals surface area contributed by atoms with E-state index in [2.05, 4.69) is 10.2 Å². The third kappa shape index (κ3) is 3.70. The van der Waals surface area contributed by atoms with E-state index in [9.17, 15) is 14.0 Å². The number of hydrogen-bond donors (Lipinski definition) is 3. The van der Waals surface area contributed by atoms with Crippen LogP contribution in [0.25, 0.3) is 0 Å². The topological polar surface area (TPSA) is 91.7 Å². The number of carbonyl (C=O) groups excluding carboxylic acids is 1.